The molecule has 0 atom stereocenters. The van der Waals surface area contributed by atoms with Crippen molar-refractivity contribution in [1.82, 2.24) is 5.32 Å². The first-order chi connectivity index (χ1) is 8.61. The number of aliphatic hydroxyl groups is 1. The van der Waals surface area contributed by atoms with Gasteiger partial charge < -0.3 is 15.2 Å². The molecule has 5 heteroatoms. The molecule has 98 valence electrons. The largest absolute Gasteiger partial charge is 0.502 e. The van der Waals surface area contributed by atoms with E-state index in [4.69, 9.17) is 4.74 Å². The maximum Gasteiger partial charge on any atom is 0.286 e. The van der Waals surface area contributed by atoms with Crippen LogP contribution in [0.3, 0.4) is 0 Å². The van der Waals surface area contributed by atoms with Crippen molar-refractivity contribution in [2.45, 2.75) is 13.3 Å². The third-order valence-corrected chi connectivity index (χ3v) is 2.54. The average Bonchev–Trinajstić information content (AvgIpc) is 2.38. The molecular formula is C13H16BrNO3. The summed E-state index contributed by atoms with van der Waals surface area (Å²) >= 11 is 3.04. The molecule has 4 nitrogen and oxygen atoms in total. The molecule has 0 aliphatic carbocycles. The number of carbonyl (C=O) groups is 1. The molecular weight excluding hydrogens is 298 g/mol. The van der Waals surface area contributed by atoms with Crippen molar-refractivity contribution in [2.75, 3.05) is 13.2 Å². The summed E-state index contributed by atoms with van der Waals surface area (Å²) in [6, 6.07) is 9.48. The Morgan fingerprint density at radius 1 is 1.39 bits per heavy atom. The van der Waals surface area contributed by atoms with Crippen molar-refractivity contribution in [3.8, 4) is 5.75 Å². The lowest BCUT2D eigenvalue weighted by atomic mass is 10.3. The van der Waals surface area contributed by atoms with E-state index in [-0.39, 0.29) is 5.76 Å². The molecule has 1 amide bonds. The number of rotatable bonds is 6. The molecule has 0 spiro atoms. The molecule has 0 aliphatic heterocycles. The van der Waals surface area contributed by atoms with Gasteiger partial charge in [-0.25, -0.2) is 0 Å². The van der Waals surface area contributed by atoms with Crippen LogP contribution in [0.4, 0.5) is 0 Å². The highest BCUT2D eigenvalue weighted by molar-refractivity contribution is 9.11. The summed E-state index contributed by atoms with van der Waals surface area (Å²) in [7, 11) is 0. The Bertz CT molecular complexity index is 414. The van der Waals surface area contributed by atoms with Crippen LogP contribution in [-0.2, 0) is 4.79 Å². The molecule has 1 aromatic rings. The van der Waals surface area contributed by atoms with Crippen LogP contribution in [-0.4, -0.2) is 24.2 Å². The lowest BCUT2D eigenvalue weighted by molar-refractivity contribution is -0.120. The fraction of sp³-hybridized carbons (Fsp3) is 0.308. The summed E-state index contributed by atoms with van der Waals surface area (Å²) in [4.78, 5) is 11.3. The van der Waals surface area contributed by atoms with E-state index in [1.165, 1.54) is 0 Å². The molecule has 1 rings (SSSR count). The summed E-state index contributed by atoms with van der Waals surface area (Å²) < 4.78 is 5.88. The van der Waals surface area contributed by atoms with Gasteiger partial charge in [-0.3, -0.25) is 4.79 Å². The Labute approximate surface area is 115 Å². The minimum Gasteiger partial charge on any atom is -0.502 e. The van der Waals surface area contributed by atoms with Crippen molar-refractivity contribution < 1.29 is 14.6 Å². The maximum absolute atomic E-state index is 11.3. The summed E-state index contributed by atoms with van der Waals surface area (Å²) in [5, 5.41) is 11.9. The van der Waals surface area contributed by atoms with Crippen LogP contribution in [0.2, 0.25) is 0 Å². The van der Waals surface area contributed by atoms with Gasteiger partial charge in [-0.2, -0.15) is 0 Å². The average molecular weight is 314 g/mol. The van der Waals surface area contributed by atoms with Crippen LogP contribution in [0.15, 0.2) is 40.6 Å². The number of benzene rings is 1. The number of ether oxygens (including phenoxy) is 1. The van der Waals surface area contributed by atoms with Gasteiger partial charge in [0.05, 0.1) is 6.61 Å². The molecule has 0 aromatic heterocycles. The predicted octanol–water partition coefficient (Wildman–Crippen LogP) is 2.76. The van der Waals surface area contributed by atoms with Crippen LogP contribution in [0.5, 0.6) is 5.75 Å². The number of amides is 1. The standard InChI is InChI=1S/C13H16BrNO3/c1-10(14)12(16)13(17)15-8-5-9-18-11-6-3-2-4-7-11/h2-4,6-7,16H,5,8-9H2,1H3,(H,15,17). The molecule has 18 heavy (non-hydrogen) atoms. The van der Waals surface area contributed by atoms with E-state index >= 15 is 0 Å². The Morgan fingerprint density at radius 3 is 2.67 bits per heavy atom. The second-order valence-corrected chi connectivity index (χ2v) is 4.84. The SMILES string of the molecule is CC(Br)=C(O)C(=O)NCCCOc1ccccc1. The summed E-state index contributed by atoms with van der Waals surface area (Å²) in [6.07, 6.45) is 0.676. The van der Waals surface area contributed by atoms with Gasteiger partial charge in [0, 0.05) is 11.0 Å². The molecule has 1 aromatic carbocycles. The van der Waals surface area contributed by atoms with Crippen molar-refractivity contribution in [3.63, 3.8) is 0 Å². The van der Waals surface area contributed by atoms with E-state index in [1.54, 1.807) is 6.92 Å². The molecule has 0 saturated heterocycles. The number of aliphatic hydroxyl groups excluding tert-OH is 1. The molecule has 0 aliphatic rings. The highest BCUT2D eigenvalue weighted by atomic mass is 79.9. The number of nitrogens with one attached hydrogen (secondary N) is 1. The number of allylic oxidation sites excluding steroid dienone is 1. The van der Waals surface area contributed by atoms with Crippen molar-refractivity contribution >= 4 is 21.8 Å². The minimum absolute atomic E-state index is 0.293. The van der Waals surface area contributed by atoms with E-state index in [2.05, 4.69) is 21.2 Å². The van der Waals surface area contributed by atoms with Gasteiger partial charge >= 0.3 is 0 Å². The number of carbonyl (C=O) groups excluding carboxylic acids is 1. The molecule has 0 unspecified atom stereocenters. The molecule has 0 fully saturated rings. The number of hydrogen-bond acceptors (Lipinski definition) is 3. The minimum atomic E-state index is -0.482. The fourth-order valence-corrected chi connectivity index (χ4v) is 1.40. The third-order valence-electron chi connectivity index (χ3n) is 2.16. The predicted molar refractivity (Wildman–Crippen MR) is 73.8 cm³/mol. The second-order valence-electron chi connectivity index (χ2n) is 3.65. The number of halogens is 1. The van der Waals surface area contributed by atoms with Crippen LogP contribution in [0.25, 0.3) is 0 Å². The summed E-state index contributed by atoms with van der Waals surface area (Å²) in [5.41, 5.74) is 0. The third kappa shape index (κ3) is 5.23. The highest BCUT2D eigenvalue weighted by Gasteiger charge is 2.08. The second kappa shape index (κ2) is 7.76. The first kappa shape index (κ1) is 14.6. The zero-order valence-electron chi connectivity index (χ0n) is 10.1. The van der Waals surface area contributed by atoms with E-state index < -0.39 is 5.91 Å². The smallest absolute Gasteiger partial charge is 0.286 e. The van der Waals surface area contributed by atoms with Crippen molar-refractivity contribution in [1.29, 1.82) is 0 Å². The molecule has 2 N–H and O–H groups in total. The Hall–Kier alpha value is -1.49. The molecule has 0 heterocycles. The first-order valence-corrected chi connectivity index (χ1v) is 6.42. The van der Waals surface area contributed by atoms with Gasteiger partial charge in [0.25, 0.3) is 5.91 Å². The summed E-state index contributed by atoms with van der Waals surface area (Å²) in [6.45, 7) is 2.57. The van der Waals surface area contributed by atoms with Crippen LogP contribution < -0.4 is 10.1 Å². The normalized spacial score (nSPS) is 11.7. The van der Waals surface area contributed by atoms with Gasteiger partial charge in [-0.05, 0) is 25.5 Å². The lowest BCUT2D eigenvalue weighted by Gasteiger charge is -2.07. The quantitative estimate of drug-likeness (QED) is 0.482. The molecule has 0 bridgehead atoms. The van der Waals surface area contributed by atoms with E-state index in [0.717, 1.165) is 5.75 Å². The van der Waals surface area contributed by atoms with Gasteiger partial charge in [-0.15, -0.1) is 0 Å². The first-order valence-electron chi connectivity index (χ1n) is 5.62. The molecule has 0 saturated carbocycles. The van der Waals surface area contributed by atoms with E-state index in [9.17, 15) is 9.90 Å². The van der Waals surface area contributed by atoms with Crippen LogP contribution in [0.1, 0.15) is 13.3 Å². The van der Waals surface area contributed by atoms with E-state index in [0.29, 0.717) is 24.1 Å². The zero-order chi connectivity index (χ0) is 13.4. The lowest BCUT2D eigenvalue weighted by Crippen LogP contribution is -2.27. The zero-order valence-corrected chi connectivity index (χ0v) is 11.7. The monoisotopic (exact) mass is 313 g/mol. The van der Waals surface area contributed by atoms with Crippen molar-refractivity contribution in [3.05, 3.63) is 40.6 Å². The van der Waals surface area contributed by atoms with Crippen LogP contribution in [0, 0.1) is 0 Å². The van der Waals surface area contributed by atoms with Gasteiger partial charge in [-0.1, -0.05) is 34.1 Å². The fourth-order valence-electron chi connectivity index (χ4n) is 1.22. The highest BCUT2D eigenvalue weighted by Crippen LogP contribution is 2.09. The maximum atomic E-state index is 11.3. The summed E-state index contributed by atoms with van der Waals surface area (Å²) in [5.74, 6) is 0.0333. The molecule has 0 radical (unpaired) electrons. The van der Waals surface area contributed by atoms with E-state index in [1.807, 2.05) is 30.3 Å². The Balaban J connectivity index is 2.16. The van der Waals surface area contributed by atoms with Gasteiger partial charge in [0.1, 0.15) is 5.75 Å². The Kier molecular flexibility index (Phi) is 6.28. The van der Waals surface area contributed by atoms with Crippen LogP contribution >= 0.6 is 15.9 Å². The van der Waals surface area contributed by atoms with Gasteiger partial charge in [0.15, 0.2) is 5.76 Å². The number of hydrogen-bond donors (Lipinski definition) is 2. The Morgan fingerprint density at radius 2 is 2.06 bits per heavy atom. The van der Waals surface area contributed by atoms with Crippen molar-refractivity contribution in [2.24, 2.45) is 0 Å². The van der Waals surface area contributed by atoms with Gasteiger partial charge in [0.2, 0.25) is 0 Å². The topological polar surface area (TPSA) is 58.6 Å². The number of para-hydroxylation sites is 1.